The molecular weight excluding hydrogens is 356 g/mol. The first-order chi connectivity index (χ1) is 13.5. The van der Waals surface area contributed by atoms with E-state index in [2.05, 4.69) is 16.8 Å². The molecule has 0 unspecified atom stereocenters. The average Bonchev–Trinajstić information content (AvgIpc) is 3.05. The van der Waals surface area contributed by atoms with Crippen LogP contribution in [0.3, 0.4) is 0 Å². The number of carbonyl (C=O) groups is 1. The monoisotopic (exact) mass is 382 g/mol. The van der Waals surface area contributed by atoms with Crippen LogP contribution in [0, 0.1) is 10.8 Å². The first-order valence-electron chi connectivity index (χ1n) is 10.2. The van der Waals surface area contributed by atoms with Gasteiger partial charge in [0.1, 0.15) is 11.2 Å². The van der Waals surface area contributed by atoms with Crippen molar-refractivity contribution in [3.63, 3.8) is 0 Å². The van der Waals surface area contributed by atoms with Crippen molar-refractivity contribution >= 4 is 11.7 Å². The van der Waals surface area contributed by atoms with Gasteiger partial charge in [0.25, 0.3) is 0 Å². The van der Waals surface area contributed by atoms with E-state index in [9.17, 15) is 9.90 Å². The molecule has 4 atom stereocenters. The van der Waals surface area contributed by atoms with Crippen LogP contribution in [-0.4, -0.2) is 68.5 Å². The second-order valence-electron chi connectivity index (χ2n) is 9.21. The maximum atomic E-state index is 13.4. The number of fused-ring (bicyclic) bond motifs is 2. The van der Waals surface area contributed by atoms with E-state index in [0.29, 0.717) is 25.0 Å². The van der Waals surface area contributed by atoms with Crippen LogP contribution < -0.4 is 4.90 Å². The summed E-state index contributed by atoms with van der Waals surface area (Å²) in [5, 5.41) is 10.1. The van der Waals surface area contributed by atoms with E-state index in [1.54, 1.807) is 6.07 Å². The molecule has 1 aliphatic carbocycles. The highest BCUT2D eigenvalue weighted by Gasteiger charge is 2.71. The summed E-state index contributed by atoms with van der Waals surface area (Å²) < 4.78 is 11.5. The Labute approximate surface area is 164 Å². The zero-order valence-electron chi connectivity index (χ0n) is 16.4. The molecule has 1 aromatic rings. The first kappa shape index (κ1) is 16.9. The maximum Gasteiger partial charge on any atom is 0.320 e. The highest BCUT2D eigenvalue weighted by Crippen LogP contribution is 2.65. The lowest BCUT2D eigenvalue weighted by Crippen LogP contribution is -2.72. The molecule has 5 aliphatic rings. The van der Waals surface area contributed by atoms with Gasteiger partial charge >= 0.3 is 5.97 Å². The van der Waals surface area contributed by atoms with Crippen LogP contribution >= 0.6 is 0 Å². The van der Waals surface area contributed by atoms with Gasteiger partial charge in [-0.1, -0.05) is 0 Å². The van der Waals surface area contributed by atoms with Gasteiger partial charge in [-0.15, -0.1) is 0 Å². The minimum Gasteiger partial charge on any atom is -0.508 e. The summed E-state index contributed by atoms with van der Waals surface area (Å²) in [7, 11) is 3.61. The van der Waals surface area contributed by atoms with Crippen LogP contribution in [0.5, 0.6) is 5.75 Å². The highest BCUT2D eigenvalue weighted by molar-refractivity contribution is 5.85. The quantitative estimate of drug-likeness (QED) is 0.590. The van der Waals surface area contributed by atoms with Crippen LogP contribution in [0.15, 0.2) is 29.3 Å². The largest absolute Gasteiger partial charge is 0.508 e. The molecule has 28 heavy (non-hydrogen) atoms. The minimum atomic E-state index is -0.737. The fraction of sp³-hybridized carbons (Fsp3) is 0.591. The predicted octanol–water partition coefficient (Wildman–Crippen LogP) is 1.72. The zero-order valence-corrected chi connectivity index (χ0v) is 16.4. The van der Waals surface area contributed by atoms with Gasteiger partial charge in [0, 0.05) is 30.7 Å². The number of anilines is 1. The van der Waals surface area contributed by atoms with Crippen LogP contribution in [0.1, 0.15) is 18.4 Å². The fourth-order valence-electron chi connectivity index (χ4n) is 7.39. The Morgan fingerprint density at radius 2 is 2.25 bits per heavy atom. The molecule has 0 amide bonds. The Morgan fingerprint density at radius 1 is 1.39 bits per heavy atom. The normalized spacial score (nSPS) is 38.1. The number of carbonyl (C=O) groups excluding carboxylic acids is 1. The topological polar surface area (TPSA) is 62.2 Å². The van der Waals surface area contributed by atoms with E-state index < -0.39 is 5.41 Å². The summed E-state index contributed by atoms with van der Waals surface area (Å²) in [6.45, 7) is 2.99. The SMILES string of the molecule is COC(=O)[C@]12COCC3=C1C[C@H]1N(CC[C@]14Cc1cc(O)ccc1N(C)[C@H]24)C3. The number of nitrogens with zero attached hydrogens (tertiary/aromatic N) is 2. The van der Waals surface area contributed by atoms with Crippen molar-refractivity contribution in [1.82, 2.24) is 4.90 Å². The Balaban J connectivity index is 1.64. The van der Waals surface area contributed by atoms with Gasteiger partial charge in [-0.2, -0.15) is 0 Å². The molecule has 4 aliphatic heterocycles. The number of hydrogen-bond donors (Lipinski definition) is 1. The summed E-state index contributed by atoms with van der Waals surface area (Å²) >= 11 is 0. The number of methoxy groups -OCH3 is 1. The van der Waals surface area contributed by atoms with Gasteiger partial charge in [-0.25, -0.2) is 0 Å². The van der Waals surface area contributed by atoms with Crippen LogP contribution in [0.25, 0.3) is 0 Å². The summed E-state index contributed by atoms with van der Waals surface area (Å²) in [5.41, 5.74) is 4.06. The number of rotatable bonds is 1. The standard InChI is InChI=1S/C22H26N2O4/c1-23-17-4-3-15(25)7-13(17)9-21-5-6-24-10-14-11-28-12-22(19(21)23,20(26)27-2)16(14)8-18(21)24/h3-4,7,18-19,25H,5-6,8-12H2,1-2H3/t18-,19+,21+,22-/m1/s1. The van der Waals surface area contributed by atoms with Crippen molar-refractivity contribution in [1.29, 1.82) is 0 Å². The summed E-state index contributed by atoms with van der Waals surface area (Å²) in [5.74, 6) is 0.153. The summed E-state index contributed by atoms with van der Waals surface area (Å²) in [4.78, 5) is 18.3. The second-order valence-corrected chi connectivity index (χ2v) is 9.21. The van der Waals surface area contributed by atoms with Crippen LogP contribution in [-0.2, 0) is 20.7 Å². The van der Waals surface area contributed by atoms with E-state index in [-0.39, 0.29) is 17.4 Å². The Morgan fingerprint density at radius 3 is 3.07 bits per heavy atom. The van der Waals surface area contributed by atoms with Gasteiger partial charge in [-0.05, 0) is 60.7 Å². The third kappa shape index (κ3) is 1.75. The minimum absolute atomic E-state index is 0.00107. The second kappa shape index (κ2) is 5.30. The maximum absolute atomic E-state index is 13.4. The molecule has 6 heteroatoms. The Hall–Kier alpha value is -2.05. The molecule has 1 saturated heterocycles. The van der Waals surface area contributed by atoms with E-state index in [0.717, 1.165) is 38.0 Å². The number of ether oxygens (including phenoxy) is 2. The molecule has 1 N–H and O–H groups in total. The Kier molecular flexibility index (Phi) is 3.19. The van der Waals surface area contributed by atoms with Gasteiger partial charge in [0.2, 0.25) is 0 Å². The average molecular weight is 382 g/mol. The highest BCUT2D eigenvalue weighted by atomic mass is 16.5. The number of esters is 1. The van der Waals surface area contributed by atoms with Crippen molar-refractivity contribution in [2.24, 2.45) is 10.8 Å². The van der Waals surface area contributed by atoms with Crippen molar-refractivity contribution in [2.45, 2.75) is 31.3 Å². The van der Waals surface area contributed by atoms with Crippen molar-refractivity contribution in [3.8, 4) is 5.75 Å². The third-order valence-electron chi connectivity index (χ3n) is 8.24. The lowest BCUT2D eigenvalue weighted by molar-refractivity contribution is -0.164. The van der Waals surface area contributed by atoms with Crippen molar-refractivity contribution < 1.29 is 19.4 Å². The number of benzene rings is 1. The van der Waals surface area contributed by atoms with Gasteiger partial charge < -0.3 is 19.5 Å². The number of hydrogen-bond acceptors (Lipinski definition) is 6. The summed E-state index contributed by atoms with van der Waals surface area (Å²) in [6, 6.07) is 6.06. The van der Waals surface area contributed by atoms with Gasteiger partial charge in [-0.3, -0.25) is 9.69 Å². The van der Waals surface area contributed by atoms with E-state index in [1.807, 2.05) is 12.1 Å². The zero-order chi connectivity index (χ0) is 19.3. The Bertz CT molecular complexity index is 927. The number of aromatic hydroxyl groups is 1. The molecule has 1 spiro atoms. The van der Waals surface area contributed by atoms with E-state index in [1.165, 1.54) is 23.8 Å². The molecule has 6 rings (SSSR count). The van der Waals surface area contributed by atoms with Gasteiger partial charge in [0.05, 0.1) is 26.4 Å². The molecule has 1 saturated carbocycles. The molecule has 4 heterocycles. The lowest BCUT2D eigenvalue weighted by Gasteiger charge is -2.64. The van der Waals surface area contributed by atoms with Crippen LogP contribution in [0.4, 0.5) is 5.69 Å². The molecule has 1 aromatic carbocycles. The molecule has 0 radical (unpaired) electrons. The molecular formula is C22H26N2O4. The smallest absolute Gasteiger partial charge is 0.320 e. The molecule has 0 aromatic heterocycles. The molecule has 6 nitrogen and oxygen atoms in total. The predicted molar refractivity (Wildman–Crippen MR) is 103 cm³/mol. The molecule has 2 bridgehead atoms. The molecule has 2 fully saturated rings. The van der Waals surface area contributed by atoms with Crippen molar-refractivity contribution in [3.05, 3.63) is 34.9 Å². The summed E-state index contributed by atoms with van der Waals surface area (Å²) in [6.07, 6.45) is 2.88. The first-order valence-corrected chi connectivity index (χ1v) is 10.2. The van der Waals surface area contributed by atoms with Gasteiger partial charge in [0.15, 0.2) is 0 Å². The number of phenolic OH excluding ortho intramolecular Hbond substituents is 1. The number of phenols is 1. The lowest BCUT2D eigenvalue weighted by atomic mass is 9.49. The van der Waals surface area contributed by atoms with E-state index in [4.69, 9.17) is 9.47 Å². The van der Waals surface area contributed by atoms with E-state index >= 15 is 0 Å². The molecule has 148 valence electrons. The fourth-order valence-corrected chi connectivity index (χ4v) is 7.39. The third-order valence-corrected chi connectivity index (χ3v) is 8.24. The van der Waals surface area contributed by atoms with Crippen LogP contribution in [0.2, 0.25) is 0 Å². The van der Waals surface area contributed by atoms with Crippen molar-refractivity contribution in [2.75, 3.05) is 45.4 Å².